The molecule has 0 aliphatic carbocycles. The van der Waals surface area contributed by atoms with Crippen molar-refractivity contribution in [1.82, 2.24) is 0 Å². The van der Waals surface area contributed by atoms with Gasteiger partial charge in [-0.05, 0) is 24.8 Å². The van der Waals surface area contributed by atoms with Crippen LogP contribution >= 0.6 is 0 Å². The van der Waals surface area contributed by atoms with Crippen molar-refractivity contribution in [1.29, 1.82) is 0 Å². The van der Waals surface area contributed by atoms with E-state index in [0.717, 1.165) is 6.42 Å². The molecule has 0 aromatic carbocycles. The Balaban J connectivity index is 3.83. The fraction of sp³-hybridized carbons (Fsp3) is 0.727. The summed E-state index contributed by atoms with van der Waals surface area (Å²) < 4.78 is 4.81. The van der Waals surface area contributed by atoms with Crippen LogP contribution in [-0.2, 0) is 9.53 Å². The van der Waals surface area contributed by atoms with Crippen LogP contribution < -0.4 is 0 Å². The molecule has 2 heteroatoms. The second kappa shape index (κ2) is 5.05. The third-order valence-electron chi connectivity index (χ3n) is 1.53. The van der Waals surface area contributed by atoms with Gasteiger partial charge in [-0.1, -0.05) is 26.3 Å². The Labute approximate surface area is 81.0 Å². The van der Waals surface area contributed by atoms with Crippen molar-refractivity contribution in [2.45, 2.75) is 41.0 Å². The molecule has 2 nitrogen and oxygen atoms in total. The maximum Gasteiger partial charge on any atom is 0.302 e. The number of ether oxygens (including phenoxy) is 1. The zero-order valence-electron chi connectivity index (χ0n) is 9.31. The molecule has 0 saturated heterocycles. The third-order valence-corrected chi connectivity index (χ3v) is 1.53. The number of allylic oxidation sites excluding steroid dienone is 1. The molecule has 0 saturated carbocycles. The van der Waals surface area contributed by atoms with Gasteiger partial charge >= 0.3 is 5.97 Å². The Morgan fingerprint density at radius 2 is 1.85 bits per heavy atom. The molecule has 0 fully saturated rings. The summed E-state index contributed by atoms with van der Waals surface area (Å²) in [6.07, 6.45) is 3.00. The first-order chi connectivity index (χ1) is 5.81. The minimum Gasteiger partial charge on any atom is -0.462 e. The highest BCUT2D eigenvalue weighted by Crippen LogP contribution is 2.23. The van der Waals surface area contributed by atoms with Gasteiger partial charge in [0.25, 0.3) is 0 Å². The average molecular weight is 184 g/mol. The standard InChI is InChI=1S/C11H20O2/c1-9(8-11(3,4)5)6-7-13-10(2)12/h6H,7-8H2,1-5H3. The normalized spacial score (nSPS) is 12.8. The highest BCUT2D eigenvalue weighted by Gasteiger charge is 2.10. The molecule has 13 heavy (non-hydrogen) atoms. The van der Waals surface area contributed by atoms with Gasteiger partial charge in [0.05, 0.1) is 0 Å². The quantitative estimate of drug-likeness (QED) is 0.498. The summed E-state index contributed by atoms with van der Waals surface area (Å²) in [5.74, 6) is -0.222. The van der Waals surface area contributed by atoms with Crippen LogP contribution in [0.2, 0.25) is 0 Å². The summed E-state index contributed by atoms with van der Waals surface area (Å²) in [7, 11) is 0. The van der Waals surface area contributed by atoms with Crippen LogP contribution in [0.4, 0.5) is 0 Å². The Bertz CT molecular complexity index is 197. The Morgan fingerprint density at radius 1 is 1.31 bits per heavy atom. The van der Waals surface area contributed by atoms with E-state index in [9.17, 15) is 4.79 Å². The summed E-state index contributed by atoms with van der Waals surface area (Å²) in [6.45, 7) is 10.5. The fourth-order valence-electron chi connectivity index (χ4n) is 1.21. The molecule has 0 unspecified atom stereocenters. The molecule has 0 aromatic heterocycles. The van der Waals surface area contributed by atoms with Gasteiger partial charge in [-0.3, -0.25) is 4.79 Å². The molecule has 0 rings (SSSR count). The highest BCUT2D eigenvalue weighted by atomic mass is 16.5. The van der Waals surface area contributed by atoms with Crippen LogP contribution in [-0.4, -0.2) is 12.6 Å². The van der Waals surface area contributed by atoms with Crippen LogP contribution in [0.15, 0.2) is 11.6 Å². The lowest BCUT2D eigenvalue weighted by atomic mass is 9.88. The van der Waals surface area contributed by atoms with Crippen molar-refractivity contribution in [2.24, 2.45) is 5.41 Å². The summed E-state index contributed by atoms with van der Waals surface area (Å²) in [5, 5.41) is 0. The molecule has 76 valence electrons. The number of rotatable bonds is 3. The second-order valence-corrected chi connectivity index (χ2v) is 4.59. The van der Waals surface area contributed by atoms with Crippen molar-refractivity contribution in [3.05, 3.63) is 11.6 Å². The SMILES string of the molecule is CC(=O)OCC=C(C)CC(C)(C)C. The lowest BCUT2D eigenvalue weighted by molar-refractivity contribution is -0.139. The molecule has 0 atom stereocenters. The molecule has 0 aromatic rings. The molecule has 0 bridgehead atoms. The number of hydrogen-bond donors (Lipinski definition) is 0. The smallest absolute Gasteiger partial charge is 0.302 e. The lowest BCUT2D eigenvalue weighted by Crippen LogP contribution is -2.06. The zero-order chi connectivity index (χ0) is 10.5. The first kappa shape index (κ1) is 12.2. The molecular formula is C11H20O2. The summed E-state index contributed by atoms with van der Waals surface area (Å²) in [6, 6.07) is 0. The first-order valence-electron chi connectivity index (χ1n) is 4.60. The molecule has 0 aliphatic rings. The van der Waals surface area contributed by atoms with E-state index in [1.807, 2.05) is 6.08 Å². The van der Waals surface area contributed by atoms with Crippen LogP contribution in [0.5, 0.6) is 0 Å². The largest absolute Gasteiger partial charge is 0.462 e. The van der Waals surface area contributed by atoms with E-state index in [4.69, 9.17) is 4.74 Å². The van der Waals surface area contributed by atoms with Crippen LogP contribution in [0, 0.1) is 5.41 Å². The molecule has 0 spiro atoms. The second-order valence-electron chi connectivity index (χ2n) is 4.59. The Kier molecular flexibility index (Phi) is 4.74. The summed E-state index contributed by atoms with van der Waals surface area (Å²) in [5.41, 5.74) is 1.57. The topological polar surface area (TPSA) is 26.3 Å². The van der Waals surface area contributed by atoms with E-state index in [2.05, 4.69) is 27.7 Å². The van der Waals surface area contributed by atoms with E-state index < -0.39 is 0 Å². The first-order valence-corrected chi connectivity index (χ1v) is 4.60. The van der Waals surface area contributed by atoms with Crippen molar-refractivity contribution in [2.75, 3.05) is 6.61 Å². The number of carbonyl (C=O) groups is 1. The van der Waals surface area contributed by atoms with Gasteiger partial charge in [0.2, 0.25) is 0 Å². The number of hydrogen-bond acceptors (Lipinski definition) is 2. The summed E-state index contributed by atoms with van der Waals surface area (Å²) in [4.78, 5) is 10.5. The molecule has 0 amide bonds. The van der Waals surface area contributed by atoms with Gasteiger partial charge in [0.15, 0.2) is 0 Å². The van der Waals surface area contributed by atoms with E-state index in [1.165, 1.54) is 12.5 Å². The molecule has 0 N–H and O–H groups in total. The lowest BCUT2D eigenvalue weighted by Gasteiger charge is -2.18. The Morgan fingerprint density at radius 3 is 2.23 bits per heavy atom. The van der Waals surface area contributed by atoms with Crippen molar-refractivity contribution < 1.29 is 9.53 Å². The van der Waals surface area contributed by atoms with E-state index in [1.54, 1.807) is 0 Å². The average Bonchev–Trinajstić information content (AvgIpc) is 1.81. The van der Waals surface area contributed by atoms with Crippen LogP contribution in [0.1, 0.15) is 41.0 Å². The highest BCUT2D eigenvalue weighted by molar-refractivity contribution is 5.66. The van der Waals surface area contributed by atoms with Gasteiger partial charge in [-0.15, -0.1) is 0 Å². The maximum atomic E-state index is 10.5. The molecule has 0 heterocycles. The monoisotopic (exact) mass is 184 g/mol. The molecule has 0 radical (unpaired) electrons. The number of carbonyl (C=O) groups excluding carboxylic acids is 1. The Hall–Kier alpha value is -0.790. The van der Waals surface area contributed by atoms with Crippen molar-refractivity contribution in [3.8, 4) is 0 Å². The van der Waals surface area contributed by atoms with Gasteiger partial charge in [-0.2, -0.15) is 0 Å². The van der Waals surface area contributed by atoms with Crippen molar-refractivity contribution >= 4 is 5.97 Å². The maximum absolute atomic E-state index is 10.5. The molecular weight excluding hydrogens is 164 g/mol. The van der Waals surface area contributed by atoms with Gasteiger partial charge < -0.3 is 4.74 Å². The fourth-order valence-corrected chi connectivity index (χ4v) is 1.21. The minimum atomic E-state index is -0.222. The minimum absolute atomic E-state index is 0.222. The van der Waals surface area contributed by atoms with Gasteiger partial charge in [0, 0.05) is 6.92 Å². The zero-order valence-corrected chi connectivity index (χ0v) is 9.31. The molecule has 0 aliphatic heterocycles. The van der Waals surface area contributed by atoms with E-state index >= 15 is 0 Å². The third kappa shape index (κ3) is 9.12. The van der Waals surface area contributed by atoms with Gasteiger partial charge in [-0.25, -0.2) is 0 Å². The van der Waals surface area contributed by atoms with E-state index in [-0.39, 0.29) is 5.97 Å². The predicted octanol–water partition coefficient (Wildman–Crippen LogP) is 2.93. The van der Waals surface area contributed by atoms with Crippen LogP contribution in [0.3, 0.4) is 0 Å². The predicted molar refractivity (Wildman–Crippen MR) is 54.5 cm³/mol. The van der Waals surface area contributed by atoms with Gasteiger partial charge in [0.1, 0.15) is 6.61 Å². The van der Waals surface area contributed by atoms with E-state index in [0.29, 0.717) is 12.0 Å². The van der Waals surface area contributed by atoms with Crippen molar-refractivity contribution in [3.63, 3.8) is 0 Å². The van der Waals surface area contributed by atoms with Crippen LogP contribution in [0.25, 0.3) is 0 Å². The summed E-state index contributed by atoms with van der Waals surface area (Å²) >= 11 is 0. The number of esters is 1.